The second-order valence-electron chi connectivity index (χ2n) is 5.89. The smallest absolute Gasteiger partial charge is 0.145 e. The van der Waals surface area contributed by atoms with Crippen LogP contribution in [0.25, 0.3) is 11.0 Å². The van der Waals surface area contributed by atoms with Crippen molar-refractivity contribution in [3.8, 4) is 0 Å². The summed E-state index contributed by atoms with van der Waals surface area (Å²) >= 11 is 0. The van der Waals surface area contributed by atoms with Gasteiger partial charge in [-0.1, -0.05) is 0 Å². The summed E-state index contributed by atoms with van der Waals surface area (Å²) in [6.07, 6.45) is 8.04. The lowest BCUT2D eigenvalue weighted by atomic mass is 10.0. The Balaban J connectivity index is 1.64. The first-order chi connectivity index (χ1) is 12.2. The van der Waals surface area contributed by atoms with Gasteiger partial charge in [0.25, 0.3) is 0 Å². The number of H-pyrrole nitrogens is 1. The van der Waals surface area contributed by atoms with Gasteiger partial charge in [0.15, 0.2) is 0 Å². The number of hydrogen-bond donors (Lipinski definition) is 2. The Kier molecular flexibility index (Phi) is 3.85. The van der Waals surface area contributed by atoms with Crippen molar-refractivity contribution in [2.75, 3.05) is 5.73 Å². The average Bonchev–Trinajstić information content (AvgIpc) is 3.03. The van der Waals surface area contributed by atoms with Gasteiger partial charge in [0.05, 0.1) is 5.69 Å². The average molecular weight is 333 g/mol. The molecule has 0 unspecified atom stereocenters. The number of nitrogens with zero attached hydrogens (tertiary/aromatic N) is 3. The Morgan fingerprint density at radius 2 is 1.84 bits per heavy atom. The first kappa shape index (κ1) is 15.3. The molecular formula is C19H16FN5. The second kappa shape index (κ2) is 6.32. The SMILES string of the molecule is Nc1ncc(Cc2c[nH]c3ncccc23)cc1Cc1ncccc1F. The highest BCUT2D eigenvalue weighted by molar-refractivity contribution is 5.79. The minimum atomic E-state index is -0.338. The van der Waals surface area contributed by atoms with Crippen molar-refractivity contribution in [1.29, 1.82) is 0 Å². The zero-order valence-electron chi connectivity index (χ0n) is 13.4. The molecule has 0 aliphatic carbocycles. The normalized spacial score (nSPS) is 11.1. The lowest BCUT2D eigenvalue weighted by molar-refractivity contribution is 0.604. The molecule has 0 aliphatic rings. The van der Waals surface area contributed by atoms with Crippen molar-refractivity contribution < 1.29 is 4.39 Å². The minimum absolute atomic E-state index is 0.314. The van der Waals surface area contributed by atoms with Crippen LogP contribution in [-0.2, 0) is 12.8 Å². The summed E-state index contributed by atoms with van der Waals surface area (Å²) in [6.45, 7) is 0. The van der Waals surface area contributed by atoms with Gasteiger partial charge in [-0.2, -0.15) is 0 Å². The summed E-state index contributed by atoms with van der Waals surface area (Å²) in [7, 11) is 0. The molecule has 0 saturated carbocycles. The van der Waals surface area contributed by atoms with Gasteiger partial charge in [-0.15, -0.1) is 0 Å². The minimum Gasteiger partial charge on any atom is -0.383 e. The summed E-state index contributed by atoms with van der Waals surface area (Å²) in [5.41, 5.74) is 10.1. The molecule has 5 nitrogen and oxygen atoms in total. The first-order valence-corrected chi connectivity index (χ1v) is 7.94. The Labute approximate surface area is 143 Å². The van der Waals surface area contributed by atoms with E-state index < -0.39 is 0 Å². The van der Waals surface area contributed by atoms with E-state index in [0.29, 0.717) is 24.4 Å². The highest BCUT2D eigenvalue weighted by Crippen LogP contribution is 2.22. The van der Waals surface area contributed by atoms with Gasteiger partial charge in [-0.25, -0.2) is 14.4 Å². The van der Waals surface area contributed by atoms with Crippen LogP contribution >= 0.6 is 0 Å². The van der Waals surface area contributed by atoms with Crippen LogP contribution in [-0.4, -0.2) is 19.9 Å². The van der Waals surface area contributed by atoms with E-state index >= 15 is 0 Å². The molecule has 3 N–H and O–H groups in total. The Hall–Kier alpha value is -3.28. The Morgan fingerprint density at radius 3 is 2.72 bits per heavy atom. The molecule has 0 fully saturated rings. The van der Waals surface area contributed by atoms with Crippen molar-refractivity contribution in [1.82, 2.24) is 19.9 Å². The van der Waals surface area contributed by atoms with Gasteiger partial charge in [0.2, 0.25) is 0 Å². The van der Waals surface area contributed by atoms with Crippen molar-refractivity contribution >= 4 is 16.9 Å². The van der Waals surface area contributed by atoms with Crippen LogP contribution in [0.5, 0.6) is 0 Å². The number of aromatic nitrogens is 4. The van der Waals surface area contributed by atoms with Crippen molar-refractivity contribution in [2.45, 2.75) is 12.8 Å². The predicted octanol–water partition coefficient (Wildman–Crippen LogP) is 3.26. The van der Waals surface area contributed by atoms with Crippen molar-refractivity contribution in [3.63, 3.8) is 0 Å². The molecule has 0 atom stereocenters. The number of pyridine rings is 3. The van der Waals surface area contributed by atoms with Crippen LogP contribution in [0.1, 0.15) is 22.4 Å². The van der Waals surface area contributed by atoms with Gasteiger partial charge in [-0.3, -0.25) is 4.98 Å². The van der Waals surface area contributed by atoms with Gasteiger partial charge < -0.3 is 10.7 Å². The topological polar surface area (TPSA) is 80.5 Å². The summed E-state index contributed by atoms with van der Waals surface area (Å²) in [5.74, 6) is 0.0596. The Morgan fingerprint density at radius 1 is 1.00 bits per heavy atom. The predicted molar refractivity (Wildman–Crippen MR) is 94.6 cm³/mol. The van der Waals surface area contributed by atoms with Crippen molar-refractivity contribution in [3.05, 3.63) is 83.3 Å². The highest BCUT2D eigenvalue weighted by atomic mass is 19.1. The lowest BCUT2D eigenvalue weighted by Gasteiger charge is -2.08. The largest absolute Gasteiger partial charge is 0.383 e. The first-order valence-electron chi connectivity index (χ1n) is 7.94. The number of anilines is 1. The van der Waals surface area contributed by atoms with Gasteiger partial charge >= 0.3 is 0 Å². The molecule has 0 amide bonds. The zero-order valence-corrected chi connectivity index (χ0v) is 13.4. The molecule has 124 valence electrons. The molecule has 25 heavy (non-hydrogen) atoms. The molecule has 0 radical (unpaired) electrons. The molecule has 4 aromatic rings. The summed E-state index contributed by atoms with van der Waals surface area (Å²) < 4.78 is 13.9. The summed E-state index contributed by atoms with van der Waals surface area (Å²) in [5, 5.41) is 1.08. The van der Waals surface area contributed by atoms with Crippen LogP contribution in [0.4, 0.5) is 10.2 Å². The van der Waals surface area contributed by atoms with E-state index in [2.05, 4.69) is 19.9 Å². The number of nitrogen functional groups attached to an aromatic ring is 1. The molecule has 0 bridgehead atoms. The molecule has 4 rings (SSSR count). The van der Waals surface area contributed by atoms with Crippen LogP contribution in [0.3, 0.4) is 0 Å². The van der Waals surface area contributed by atoms with Crippen LogP contribution in [0.2, 0.25) is 0 Å². The van der Waals surface area contributed by atoms with E-state index in [1.165, 1.54) is 6.07 Å². The maximum Gasteiger partial charge on any atom is 0.145 e. The number of hydrogen-bond acceptors (Lipinski definition) is 4. The van der Waals surface area contributed by atoms with E-state index in [-0.39, 0.29) is 5.82 Å². The van der Waals surface area contributed by atoms with Gasteiger partial charge in [-0.05, 0) is 41.5 Å². The lowest BCUT2D eigenvalue weighted by Crippen LogP contribution is -2.03. The second-order valence-corrected chi connectivity index (χ2v) is 5.89. The summed E-state index contributed by atoms with van der Waals surface area (Å²) in [4.78, 5) is 15.8. The van der Waals surface area contributed by atoms with E-state index in [1.54, 1.807) is 24.7 Å². The standard InChI is InChI=1S/C19H16FN5/c20-16-4-2-5-22-17(16)9-13-7-12(10-24-18(13)21)8-14-11-25-19-15(14)3-1-6-23-19/h1-7,10-11H,8-9H2,(H2,21,24)(H,23,25). The van der Waals surface area contributed by atoms with Crippen LogP contribution in [0, 0.1) is 5.82 Å². The number of rotatable bonds is 4. The zero-order chi connectivity index (χ0) is 17.2. The number of nitrogens with two attached hydrogens (primary N) is 1. The van der Waals surface area contributed by atoms with Gasteiger partial charge in [0, 0.05) is 48.6 Å². The summed E-state index contributed by atoms with van der Waals surface area (Å²) in [6, 6.07) is 8.88. The van der Waals surface area contributed by atoms with E-state index in [1.807, 2.05) is 24.4 Å². The molecule has 6 heteroatoms. The third-order valence-corrected chi connectivity index (χ3v) is 4.18. The quantitative estimate of drug-likeness (QED) is 0.601. The van der Waals surface area contributed by atoms with Crippen LogP contribution < -0.4 is 5.73 Å². The molecule has 4 aromatic heterocycles. The van der Waals surface area contributed by atoms with E-state index in [9.17, 15) is 4.39 Å². The molecule has 0 aromatic carbocycles. The maximum atomic E-state index is 13.9. The monoisotopic (exact) mass is 333 g/mol. The molecule has 0 aliphatic heterocycles. The Bertz CT molecular complexity index is 1040. The molecular weight excluding hydrogens is 317 g/mol. The fraction of sp³-hybridized carbons (Fsp3) is 0.105. The third kappa shape index (κ3) is 3.06. The van der Waals surface area contributed by atoms with E-state index in [0.717, 1.165) is 27.7 Å². The fourth-order valence-electron chi connectivity index (χ4n) is 2.92. The molecule has 0 saturated heterocycles. The van der Waals surface area contributed by atoms with Crippen LogP contribution in [0.15, 0.2) is 55.1 Å². The maximum absolute atomic E-state index is 13.9. The number of nitrogens with one attached hydrogen (secondary N) is 1. The van der Waals surface area contributed by atoms with Gasteiger partial charge in [0.1, 0.15) is 17.3 Å². The third-order valence-electron chi connectivity index (χ3n) is 4.18. The molecule has 0 spiro atoms. The van der Waals surface area contributed by atoms with Crippen molar-refractivity contribution in [2.24, 2.45) is 0 Å². The number of fused-ring (bicyclic) bond motifs is 1. The van der Waals surface area contributed by atoms with E-state index in [4.69, 9.17) is 5.73 Å². The number of aromatic amines is 1. The fourth-order valence-corrected chi connectivity index (χ4v) is 2.92. The number of halogens is 1. The highest BCUT2D eigenvalue weighted by Gasteiger charge is 2.10. The molecule has 4 heterocycles.